The average molecular weight is 314 g/mol. The highest BCUT2D eigenvalue weighted by molar-refractivity contribution is 5.62. The first kappa shape index (κ1) is 14.6. The number of anilines is 1. The first-order valence-electron chi connectivity index (χ1n) is 8.35. The Morgan fingerprint density at radius 2 is 2.13 bits per heavy atom. The van der Waals surface area contributed by atoms with Crippen LogP contribution >= 0.6 is 0 Å². The molecule has 0 aromatic carbocycles. The summed E-state index contributed by atoms with van der Waals surface area (Å²) in [5.74, 6) is 2.27. The van der Waals surface area contributed by atoms with Crippen molar-refractivity contribution in [1.29, 1.82) is 0 Å². The maximum Gasteiger partial charge on any atom is 0.225 e. The van der Waals surface area contributed by atoms with Gasteiger partial charge in [-0.2, -0.15) is 0 Å². The first-order chi connectivity index (χ1) is 11.1. The molecule has 2 atom stereocenters. The van der Waals surface area contributed by atoms with Gasteiger partial charge in [0.15, 0.2) is 5.76 Å². The highest BCUT2D eigenvalue weighted by atomic mass is 16.5. The highest BCUT2D eigenvalue weighted by Gasteiger charge is 2.32. The summed E-state index contributed by atoms with van der Waals surface area (Å²) in [5.41, 5.74) is 2.90. The van der Waals surface area contributed by atoms with E-state index in [2.05, 4.69) is 22.0 Å². The molecule has 122 valence electrons. The standard InChI is InChI=1S/C17H22N4O2/c1-10-9-21(6-5-14(10)22)17-18-8-13(15-7-11(2)20-23-15)16(19-17)12-3-4-12/h7-8,10,12,14,22H,3-6,9H2,1-2H3/t10-,14-/m1/s1. The van der Waals surface area contributed by atoms with E-state index in [0.717, 1.165) is 48.2 Å². The monoisotopic (exact) mass is 314 g/mol. The van der Waals surface area contributed by atoms with Gasteiger partial charge in [-0.3, -0.25) is 0 Å². The summed E-state index contributed by atoms with van der Waals surface area (Å²) in [6.45, 7) is 5.59. The molecule has 6 nitrogen and oxygen atoms in total. The van der Waals surface area contributed by atoms with Gasteiger partial charge in [0.25, 0.3) is 0 Å². The van der Waals surface area contributed by atoms with Gasteiger partial charge >= 0.3 is 0 Å². The van der Waals surface area contributed by atoms with E-state index in [4.69, 9.17) is 9.51 Å². The maximum absolute atomic E-state index is 9.90. The second kappa shape index (κ2) is 5.60. The second-order valence-corrected chi connectivity index (χ2v) is 6.86. The molecule has 0 unspecified atom stereocenters. The molecular formula is C17H22N4O2. The molecule has 1 N–H and O–H groups in total. The minimum absolute atomic E-state index is 0.217. The van der Waals surface area contributed by atoms with Gasteiger partial charge in [-0.15, -0.1) is 0 Å². The van der Waals surface area contributed by atoms with Gasteiger partial charge in [0, 0.05) is 31.3 Å². The Morgan fingerprint density at radius 3 is 2.78 bits per heavy atom. The first-order valence-corrected chi connectivity index (χ1v) is 8.35. The third kappa shape index (κ3) is 2.83. The lowest BCUT2D eigenvalue weighted by Gasteiger charge is -2.34. The minimum Gasteiger partial charge on any atom is -0.393 e. The Hall–Kier alpha value is -1.95. The van der Waals surface area contributed by atoms with Crippen molar-refractivity contribution in [2.45, 2.75) is 45.1 Å². The molecule has 0 bridgehead atoms. The second-order valence-electron chi connectivity index (χ2n) is 6.86. The zero-order valence-corrected chi connectivity index (χ0v) is 13.6. The predicted octanol–water partition coefficient (Wildman–Crippen LogP) is 2.52. The number of hydrogen-bond acceptors (Lipinski definition) is 6. The fourth-order valence-electron chi connectivity index (χ4n) is 3.20. The van der Waals surface area contributed by atoms with E-state index in [1.54, 1.807) is 0 Å². The van der Waals surface area contributed by atoms with Crippen molar-refractivity contribution in [2.24, 2.45) is 5.92 Å². The summed E-state index contributed by atoms with van der Waals surface area (Å²) < 4.78 is 5.41. The predicted molar refractivity (Wildman–Crippen MR) is 86.2 cm³/mol. The van der Waals surface area contributed by atoms with Crippen LogP contribution in [-0.4, -0.2) is 39.4 Å². The molecule has 0 spiro atoms. The number of nitrogens with zero attached hydrogens (tertiary/aromatic N) is 4. The number of aromatic nitrogens is 3. The van der Waals surface area contributed by atoms with Crippen LogP contribution in [0.5, 0.6) is 0 Å². The molecule has 1 saturated carbocycles. The zero-order chi connectivity index (χ0) is 16.0. The van der Waals surface area contributed by atoms with Gasteiger partial charge in [-0.05, 0) is 32.1 Å². The van der Waals surface area contributed by atoms with Crippen LogP contribution < -0.4 is 4.90 Å². The van der Waals surface area contributed by atoms with E-state index in [1.807, 2.05) is 19.2 Å². The van der Waals surface area contributed by atoms with Crippen molar-refractivity contribution < 1.29 is 9.63 Å². The lowest BCUT2D eigenvalue weighted by molar-refractivity contribution is 0.0966. The number of piperidine rings is 1. The summed E-state index contributed by atoms with van der Waals surface area (Å²) in [7, 11) is 0. The lowest BCUT2D eigenvalue weighted by Crippen LogP contribution is -2.42. The molecule has 1 saturated heterocycles. The van der Waals surface area contributed by atoms with E-state index >= 15 is 0 Å². The van der Waals surface area contributed by atoms with Crippen molar-refractivity contribution in [1.82, 2.24) is 15.1 Å². The van der Waals surface area contributed by atoms with Crippen LogP contribution in [0.4, 0.5) is 5.95 Å². The molecule has 6 heteroatoms. The van der Waals surface area contributed by atoms with Crippen LogP contribution in [0.1, 0.15) is 43.5 Å². The molecule has 4 rings (SSSR count). The number of aryl methyl sites for hydroxylation is 1. The Morgan fingerprint density at radius 1 is 1.30 bits per heavy atom. The molecular weight excluding hydrogens is 292 g/mol. The smallest absolute Gasteiger partial charge is 0.225 e. The fraction of sp³-hybridized carbons (Fsp3) is 0.588. The minimum atomic E-state index is -0.217. The Labute approximate surface area is 135 Å². The Bertz CT molecular complexity index is 710. The van der Waals surface area contributed by atoms with Crippen LogP contribution in [0.2, 0.25) is 0 Å². The largest absolute Gasteiger partial charge is 0.393 e. The van der Waals surface area contributed by atoms with Crippen LogP contribution in [0.3, 0.4) is 0 Å². The number of rotatable bonds is 3. The fourth-order valence-corrected chi connectivity index (χ4v) is 3.20. The molecule has 3 heterocycles. The summed E-state index contributed by atoms with van der Waals surface area (Å²) in [6, 6.07) is 1.93. The Balaban J connectivity index is 1.66. The molecule has 0 amide bonds. The molecule has 0 radical (unpaired) electrons. The summed E-state index contributed by atoms with van der Waals surface area (Å²) in [6.07, 6.45) is 4.76. The number of aliphatic hydroxyl groups is 1. The van der Waals surface area contributed by atoms with Crippen molar-refractivity contribution in [3.63, 3.8) is 0 Å². The van der Waals surface area contributed by atoms with Gasteiger partial charge in [-0.25, -0.2) is 9.97 Å². The van der Waals surface area contributed by atoms with Crippen LogP contribution in [0, 0.1) is 12.8 Å². The molecule has 1 aliphatic heterocycles. The molecule has 2 aliphatic rings. The van der Waals surface area contributed by atoms with E-state index in [1.165, 1.54) is 12.8 Å². The van der Waals surface area contributed by atoms with Gasteiger partial charge in [0.05, 0.1) is 23.1 Å². The summed E-state index contributed by atoms with van der Waals surface area (Å²) in [4.78, 5) is 11.6. The van der Waals surface area contributed by atoms with Crippen molar-refractivity contribution in [2.75, 3.05) is 18.0 Å². The van der Waals surface area contributed by atoms with Gasteiger partial charge in [-0.1, -0.05) is 12.1 Å². The van der Waals surface area contributed by atoms with Gasteiger partial charge < -0.3 is 14.5 Å². The topological polar surface area (TPSA) is 75.3 Å². The van der Waals surface area contributed by atoms with Crippen molar-refractivity contribution >= 4 is 5.95 Å². The van der Waals surface area contributed by atoms with Crippen molar-refractivity contribution in [3.8, 4) is 11.3 Å². The van der Waals surface area contributed by atoms with E-state index in [-0.39, 0.29) is 12.0 Å². The van der Waals surface area contributed by atoms with Crippen LogP contribution in [0.15, 0.2) is 16.8 Å². The Kier molecular flexibility index (Phi) is 3.56. The summed E-state index contributed by atoms with van der Waals surface area (Å²) in [5, 5.41) is 13.9. The van der Waals surface area contributed by atoms with E-state index in [9.17, 15) is 5.11 Å². The molecule has 2 aromatic rings. The molecule has 23 heavy (non-hydrogen) atoms. The van der Waals surface area contributed by atoms with E-state index in [0.29, 0.717) is 5.92 Å². The quantitative estimate of drug-likeness (QED) is 0.938. The lowest BCUT2D eigenvalue weighted by atomic mass is 9.97. The molecule has 1 aliphatic carbocycles. The third-order valence-electron chi connectivity index (χ3n) is 4.81. The molecule has 2 aromatic heterocycles. The highest BCUT2D eigenvalue weighted by Crippen LogP contribution is 2.43. The average Bonchev–Trinajstić information content (AvgIpc) is 3.31. The van der Waals surface area contributed by atoms with Crippen molar-refractivity contribution in [3.05, 3.63) is 23.7 Å². The van der Waals surface area contributed by atoms with E-state index < -0.39 is 0 Å². The van der Waals surface area contributed by atoms with Crippen LogP contribution in [-0.2, 0) is 0 Å². The third-order valence-corrected chi connectivity index (χ3v) is 4.81. The summed E-state index contributed by atoms with van der Waals surface area (Å²) >= 11 is 0. The zero-order valence-electron chi connectivity index (χ0n) is 13.6. The van der Waals surface area contributed by atoms with Gasteiger partial charge in [0.2, 0.25) is 5.95 Å². The van der Waals surface area contributed by atoms with Crippen LogP contribution in [0.25, 0.3) is 11.3 Å². The SMILES string of the molecule is Cc1cc(-c2cnc(N3CC[C@@H](O)[C@H](C)C3)nc2C2CC2)on1. The molecule has 2 fully saturated rings. The normalized spacial score (nSPS) is 24.9. The van der Waals surface area contributed by atoms with Gasteiger partial charge in [0.1, 0.15) is 0 Å². The maximum atomic E-state index is 9.90. The number of aliphatic hydroxyl groups excluding tert-OH is 1. The number of hydrogen-bond donors (Lipinski definition) is 1.